The van der Waals surface area contributed by atoms with Crippen molar-refractivity contribution >= 4 is 5.69 Å². The summed E-state index contributed by atoms with van der Waals surface area (Å²) in [5.74, 6) is 0. The van der Waals surface area contributed by atoms with Gasteiger partial charge in [0.1, 0.15) is 5.69 Å². The van der Waals surface area contributed by atoms with Crippen LogP contribution in [0.25, 0.3) is 11.3 Å². The number of benzene rings is 4. The zero-order valence-electron chi connectivity index (χ0n) is 21.1. The van der Waals surface area contributed by atoms with Gasteiger partial charge in [0, 0.05) is 24.3 Å². The molecule has 0 saturated heterocycles. The second-order valence-corrected chi connectivity index (χ2v) is 9.13. The molecule has 0 aliphatic carbocycles. The van der Waals surface area contributed by atoms with E-state index in [4.69, 9.17) is 15.8 Å². The summed E-state index contributed by atoms with van der Waals surface area (Å²) in [6.45, 7) is 1.84. The molecular formula is C32H23N7. The van der Waals surface area contributed by atoms with Crippen LogP contribution < -0.4 is 4.90 Å². The van der Waals surface area contributed by atoms with E-state index < -0.39 is 0 Å². The van der Waals surface area contributed by atoms with E-state index in [2.05, 4.69) is 45.6 Å². The monoisotopic (exact) mass is 505 g/mol. The summed E-state index contributed by atoms with van der Waals surface area (Å²) < 4.78 is 1.79. The minimum absolute atomic E-state index is 0.557. The molecule has 1 aromatic heterocycles. The first kappa shape index (κ1) is 25.0. The van der Waals surface area contributed by atoms with Crippen LogP contribution in [-0.4, -0.2) is 15.0 Å². The molecule has 1 heterocycles. The predicted molar refractivity (Wildman–Crippen MR) is 148 cm³/mol. The number of nitriles is 3. The molecule has 0 saturated carbocycles. The SMILES string of the molecule is N#Cc1ccc(CN(Cc2ccc(C#N)cc2)c2cccc(-c3cn(Cc4ccc(C#N)cc4)nn3)c2)cc1. The number of rotatable bonds is 8. The second-order valence-electron chi connectivity index (χ2n) is 9.13. The first-order chi connectivity index (χ1) is 19.1. The average Bonchev–Trinajstić information content (AvgIpc) is 3.46. The van der Waals surface area contributed by atoms with Gasteiger partial charge in [0.15, 0.2) is 0 Å². The van der Waals surface area contributed by atoms with Gasteiger partial charge in [-0.3, -0.25) is 0 Å². The third-order valence-electron chi connectivity index (χ3n) is 6.39. The lowest BCUT2D eigenvalue weighted by Crippen LogP contribution is -2.22. The summed E-state index contributed by atoms with van der Waals surface area (Å²) in [6.07, 6.45) is 1.92. The molecule has 0 N–H and O–H groups in total. The Morgan fingerprint density at radius 3 is 1.67 bits per heavy atom. The van der Waals surface area contributed by atoms with Crippen LogP contribution in [0.5, 0.6) is 0 Å². The minimum Gasteiger partial charge on any atom is -0.363 e. The standard InChI is InChI=1S/C32H23N7/c33-17-24-4-10-27(11-5-24)20-38(21-28-12-6-25(18-34)7-13-28)31-3-1-2-30(16-31)32-23-39(37-36-32)22-29-14-8-26(19-35)9-15-29/h1-16,23H,20-22H2. The van der Waals surface area contributed by atoms with Crippen molar-refractivity contribution in [1.82, 2.24) is 15.0 Å². The highest BCUT2D eigenvalue weighted by Gasteiger charge is 2.12. The van der Waals surface area contributed by atoms with Crippen LogP contribution >= 0.6 is 0 Å². The van der Waals surface area contributed by atoms with E-state index in [1.807, 2.05) is 79.0 Å². The number of aromatic nitrogens is 3. The van der Waals surface area contributed by atoms with Crippen molar-refractivity contribution in [2.45, 2.75) is 19.6 Å². The predicted octanol–water partition coefficient (Wildman–Crippen LogP) is 5.82. The first-order valence-electron chi connectivity index (χ1n) is 12.4. The van der Waals surface area contributed by atoms with Gasteiger partial charge in [-0.25, -0.2) is 4.68 Å². The molecule has 7 heteroatoms. The number of anilines is 1. The zero-order valence-corrected chi connectivity index (χ0v) is 21.1. The minimum atomic E-state index is 0.557. The lowest BCUT2D eigenvalue weighted by Gasteiger charge is -2.26. The maximum absolute atomic E-state index is 9.16. The van der Waals surface area contributed by atoms with Gasteiger partial charge in [0.05, 0.1) is 47.6 Å². The maximum Gasteiger partial charge on any atom is 0.113 e. The largest absolute Gasteiger partial charge is 0.363 e. The second kappa shape index (κ2) is 11.6. The van der Waals surface area contributed by atoms with Crippen LogP contribution in [0.4, 0.5) is 5.69 Å². The Bertz CT molecular complexity index is 1640. The van der Waals surface area contributed by atoms with E-state index in [-0.39, 0.29) is 0 Å². The number of hydrogen-bond donors (Lipinski definition) is 0. The van der Waals surface area contributed by atoms with Crippen LogP contribution in [-0.2, 0) is 19.6 Å². The number of hydrogen-bond acceptors (Lipinski definition) is 6. The Labute approximate surface area is 227 Å². The molecule has 7 nitrogen and oxygen atoms in total. The van der Waals surface area contributed by atoms with E-state index in [1.165, 1.54) is 0 Å². The molecule has 0 spiro atoms. The van der Waals surface area contributed by atoms with Gasteiger partial charge in [-0.1, -0.05) is 53.7 Å². The van der Waals surface area contributed by atoms with Gasteiger partial charge < -0.3 is 4.90 Å². The molecule has 0 amide bonds. The fourth-order valence-electron chi connectivity index (χ4n) is 4.29. The fourth-order valence-corrected chi connectivity index (χ4v) is 4.29. The summed E-state index contributed by atoms with van der Waals surface area (Å²) in [4.78, 5) is 2.26. The normalized spacial score (nSPS) is 10.3. The molecule has 0 atom stereocenters. The quantitative estimate of drug-likeness (QED) is 0.263. The molecule has 39 heavy (non-hydrogen) atoms. The van der Waals surface area contributed by atoms with Gasteiger partial charge in [-0.2, -0.15) is 15.8 Å². The lowest BCUT2D eigenvalue weighted by atomic mass is 10.1. The van der Waals surface area contributed by atoms with Gasteiger partial charge in [-0.15, -0.1) is 5.10 Å². The highest BCUT2D eigenvalue weighted by molar-refractivity contribution is 5.65. The third-order valence-corrected chi connectivity index (χ3v) is 6.39. The smallest absolute Gasteiger partial charge is 0.113 e. The van der Waals surface area contributed by atoms with Gasteiger partial charge in [0.2, 0.25) is 0 Å². The van der Waals surface area contributed by atoms with Crippen molar-refractivity contribution in [3.05, 3.63) is 137 Å². The molecule has 0 unspecified atom stereocenters. The van der Waals surface area contributed by atoms with Crippen LogP contribution in [0, 0.1) is 34.0 Å². The molecule has 0 bridgehead atoms. The van der Waals surface area contributed by atoms with E-state index >= 15 is 0 Å². The summed E-state index contributed by atoms with van der Waals surface area (Å²) in [6, 6.07) is 37.3. The topological polar surface area (TPSA) is 105 Å². The highest BCUT2D eigenvalue weighted by Crippen LogP contribution is 2.26. The molecule has 186 valence electrons. The van der Waals surface area contributed by atoms with E-state index in [0.717, 1.165) is 33.6 Å². The van der Waals surface area contributed by atoms with Crippen molar-refractivity contribution in [3.8, 4) is 29.5 Å². The zero-order chi connectivity index (χ0) is 27.0. The summed E-state index contributed by atoms with van der Waals surface area (Å²) in [7, 11) is 0. The highest BCUT2D eigenvalue weighted by atomic mass is 15.4. The molecule has 0 radical (unpaired) electrons. The van der Waals surface area contributed by atoms with Gasteiger partial charge in [0.25, 0.3) is 0 Å². The molecule has 0 fully saturated rings. The van der Waals surface area contributed by atoms with E-state index in [9.17, 15) is 0 Å². The van der Waals surface area contributed by atoms with E-state index in [0.29, 0.717) is 36.3 Å². The van der Waals surface area contributed by atoms with Crippen molar-refractivity contribution in [3.63, 3.8) is 0 Å². The summed E-state index contributed by atoms with van der Waals surface area (Å²) >= 11 is 0. The van der Waals surface area contributed by atoms with Crippen molar-refractivity contribution in [2.75, 3.05) is 4.90 Å². The van der Waals surface area contributed by atoms with Crippen LogP contribution in [0.2, 0.25) is 0 Å². The Morgan fingerprint density at radius 1 is 0.641 bits per heavy atom. The molecule has 5 aromatic rings. The van der Waals surface area contributed by atoms with Crippen LogP contribution in [0.15, 0.2) is 103 Å². The Hall–Kier alpha value is -5.71. The Kier molecular flexibility index (Phi) is 7.40. The molecule has 0 aliphatic heterocycles. The Balaban J connectivity index is 1.40. The molecule has 4 aromatic carbocycles. The summed E-state index contributed by atoms with van der Waals surface area (Å²) in [5, 5.41) is 36.1. The van der Waals surface area contributed by atoms with Gasteiger partial charge >= 0.3 is 0 Å². The van der Waals surface area contributed by atoms with Gasteiger partial charge in [-0.05, 0) is 65.2 Å². The first-order valence-corrected chi connectivity index (χ1v) is 12.4. The lowest BCUT2D eigenvalue weighted by molar-refractivity contribution is 0.650. The Morgan fingerprint density at radius 2 is 1.15 bits per heavy atom. The molecular weight excluding hydrogens is 482 g/mol. The molecule has 0 aliphatic rings. The van der Waals surface area contributed by atoms with Crippen molar-refractivity contribution in [1.29, 1.82) is 15.8 Å². The average molecular weight is 506 g/mol. The van der Waals surface area contributed by atoms with Crippen LogP contribution in [0.1, 0.15) is 33.4 Å². The summed E-state index contributed by atoms with van der Waals surface area (Å²) in [5.41, 5.74) is 7.82. The third kappa shape index (κ3) is 6.17. The van der Waals surface area contributed by atoms with Crippen LogP contribution in [0.3, 0.4) is 0 Å². The van der Waals surface area contributed by atoms with Crippen molar-refractivity contribution < 1.29 is 0 Å². The maximum atomic E-state index is 9.16. The number of nitrogens with zero attached hydrogens (tertiary/aromatic N) is 7. The fraction of sp³-hybridized carbons (Fsp3) is 0.0938. The van der Waals surface area contributed by atoms with E-state index in [1.54, 1.807) is 16.8 Å². The molecule has 5 rings (SSSR count). The van der Waals surface area contributed by atoms with Crippen molar-refractivity contribution in [2.24, 2.45) is 0 Å².